The molecule has 0 fully saturated rings. The molecular weight excluding hydrogens is 396 g/mol. The number of para-hydroxylation sites is 1. The van der Waals surface area contributed by atoms with Crippen molar-refractivity contribution in [3.05, 3.63) is 68.4 Å². The molecule has 0 radical (unpaired) electrons. The lowest BCUT2D eigenvalue weighted by Gasteiger charge is -2.15. The van der Waals surface area contributed by atoms with E-state index in [-0.39, 0.29) is 11.3 Å². The van der Waals surface area contributed by atoms with E-state index in [1.165, 1.54) is 4.57 Å². The van der Waals surface area contributed by atoms with Crippen LogP contribution in [0.5, 0.6) is 5.75 Å². The Morgan fingerprint density at radius 1 is 1.23 bits per heavy atom. The van der Waals surface area contributed by atoms with Gasteiger partial charge in [0.2, 0.25) is 0 Å². The van der Waals surface area contributed by atoms with Gasteiger partial charge in [-0.1, -0.05) is 25.1 Å². The molecule has 134 valence electrons. The first-order valence-corrected chi connectivity index (χ1v) is 9.15. The maximum absolute atomic E-state index is 12.9. The molecule has 0 saturated carbocycles. The van der Waals surface area contributed by atoms with Gasteiger partial charge >= 0.3 is 0 Å². The maximum Gasteiger partial charge on any atom is 0.267 e. The van der Waals surface area contributed by atoms with Crippen molar-refractivity contribution in [3.8, 4) is 5.75 Å². The number of nitrogens with one attached hydrogen (secondary N) is 1. The van der Waals surface area contributed by atoms with Crippen molar-refractivity contribution in [2.75, 3.05) is 5.32 Å². The number of amides is 1. The molecule has 0 aliphatic heterocycles. The van der Waals surface area contributed by atoms with Gasteiger partial charge in [0.05, 0.1) is 11.2 Å². The second-order valence-electron chi connectivity index (χ2n) is 6.13. The van der Waals surface area contributed by atoms with Gasteiger partial charge in [-0.15, -0.1) is 0 Å². The third-order valence-electron chi connectivity index (χ3n) is 4.19. The van der Waals surface area contributed by atoms with Crippen molar-refractivity contribution in [2.45, 2.75) is 26.8 Å². The summed E-state index contributed by atoms with van der Waals surface area (Å²) in [5, 5.41) is 13.8. The van der Waals surface area contributed by atoms with Crippen LogP contribution in [-0.2, 0) is 6.54 Å². The average molecular weight is 415 g/mol. The fraction of sp³-hybridized carbons (Fsp3) is 0.200. The summed E-state index contributed by atoms with van der Waals surface area (Å²) in [5.74, 6) is -0.925. The van der Waals surface area contributed by atoms with Gasteiger partial charge < -0.3 is 15.0 Å². The smallest absolute Gasteiger partial charge is 0.267 e. The van der Waals surface area contributed by atoms with Crippen molar-refractivity contribution in [3.63, 3.8) is 0 Å². The molecule has 3 rings (SSSR count). The van der Waals surface area contributed by atoms with Gasteiger partial charge in [-0.2, -0.15) is 0 Å². The van der Waals surface area contributed by atoms with E-state index in [4.69, 9.17) is 0 Å². The van der Waals surface area contributed by atoms with Crippen molar-refractivity contribution in [1.82, 2.24) is 4.57 Å². The summed E-state index contributed by atoms with van der Waals surface area (Å²) in [7, 11) is 0. The van der Waals surface area contributed by atoms with Crippen LogP contribution >= 0.6 is 15.9 Å². The fourth-order valence-corrected chi connectivity index (χ4v) is 3.54. The van der Waals surface area contributed by atoms with Gasteiger partial charge in [-0.05, 0) is 59.1 Å². The zero-order valence-electron chi connectivity index (χ0n) is 14.5. The van der Waals surface area contributed by atoms with Crippen LogP contribution in [0.1, 0.15) is 29.3 Å². The van der Waals surface area contributed by atoms with E-state index in [2.05, 4.69) is 21.2 Å². The topological polar surface area (TPSA) is 71.3 Å². The van der Waals surface area contributed by atoms with Crippen molar-refractivity contribution in [2.24, 2.45) is 0 Å². The lowest BCUT2D eigenvalue weighted by molar-refractivity contribution is 0.102. The van der Waals surface area contributed by atoms with Crippen LogP contribution in [-0.4, -0.2) is 15.6 Å². The van der Waals surface area contributed by atoms with Gasteiger partial charge in [-0.25, -0.2) is 0 Å². The number of carbonyl (C=O) groups is 1. The minimum atomic E-state index is -0.632. The summed E-state index contributed by atoms with van der Waals surface area (Å²) >= 11 is 3.40. The SMILES string of the molecule is CCCn1c(=O)c(C(=O)Nc2ccc(C)cc2Br)c(O)c2ccccc21. The van der Waals surface area contributed by atoms with Gasteiger partial charge in [0.1, 0.15) is 11.3 Å². The average Bonchev–Trinajstić information content (AvgIpc) is 2.61. The number of carbonyl (C=O) groups excluding carboxylic acids is 1. The molecule has 1 amide bonds. The summed E-state index contributed by atoms with van der Waals surface area (Å²) < 4.78 is 2.24. The molecule has 6 heteroatoms. The summed E-state index contributed by atoms with van der Waals surface area (Å²) in [6.45, 7) is 4.36. The first-order chi connectivity index (χ1) is 12.4. The monoisotopic (exact) mass is 414 g/mol. The number of rotatable bonds is 4. The number of benzene rings is 2. The number of hydrogen-bond acceptors (Lipinski definition) is 3. The molecule has 0 saturated heterocycles. The van der Waals surface area contributed by atoms with Gasteiger partial charge in [0.25, 0.3) is 11.5 Å². The lowest BCUT2D eigenvalue weighted by Crippen LogP contribution is -2.29. The van der Waals surface area contributed by atoms with Gasteiger partial charge in [-0.3, -0.25) is 9.59 Å². The molecule has 0 unspecified atom stereocenters. The molecule has 0 aliphatic rings. The highest BCUT2D eigenvalue weighted by Gasteiger charge is 2.22. The Labute approximate surface area is 159 Å². The van der Waals surface area contributed by atoms with Crippen molar-refractivity contribution in [1.29, 1.82) is 0 Å². The number of halogens is 1. The Morgan fingerprint density at radius 2 is 1.96 bits per heavy atom. The Balaban J connectivity index is 2.14. The standard InChI is InChI=1S/C20H19BrN2O3/c1-3-10-23-16-7-5-4-6-13(16)18(24)17(20(23)26)19(25)22-15-9-8-12(2)11-14(15)21/h4-9,11,24H,3,10H2,1-2H3,(H,22,25). The Bertz CT molecular complexity index is 1060. The van der Waals surface area contributed by atoms with Gasteiger partial charge in [0.15, 0.2) is 0 Å². The molecule has 5 nitrogen and oxygen atoms in total. The molecule has 1 aromatic heterocycles. The van der Waals surface area contributed by atoms with Crippen LogP contribution in [0.3, 0.4) is 0 Å². The predicted octanol–water partition coefficient (Wildman–Crippen LogP) is 4.44. The molecular formula is C20H19BrN2O3. The molecule has 0 atom stereocenters. The van der Waals surface area contributed by atoms with E-state index in [0.29, 0.717) is 27.6 Å². The Hall–Kier alpha value is -2.60. The maximum atomic E-state index is 12.9. The van der Waals surface area contributed by atoms with E-state index in [1.807, 2.05) is 26.0 Å². The Morgan fingerprint density at radius 3 is 2.65 bits per heavy atom. The van der Waals surface area contributed by atoms with Gasteiger partial charge in [0, 0.05) is 16.4 Å². The van der Waals surface area contributed by atoms with Crippen LogP contribution in [0.2, 0.25) is 0 Å². The van der Waals surface area contributed by atoms with E-state index < -0.39 is 11.5 Å². The molecule has 2 aromatic carbocycles. The normalized spacial score (nSPS) is 10.9. The number of pyridine rings is 1. The molecule has 26 heavy (non-hydrogen) atoms. The molecule has 3 aromatic rings. The van der Waals surface area contributed by atoms with Crippen LogP contribution < -0.4 is 10.9 Å². The third kappa shape index (κ3) is 3.24. The Kier molecular flexibility index (Phi) is 5.13. The summed E-state index contributed by atoms with van der Waals surface area (Å²) in [6.07, 6.45) is 0.735. The van der Waals surface area contributed by atoms with Crippen LogP contribution in [0.4, 0.5) is 5.69 Å². The lowest BCUT2D eigenvalue weighted by atomic mass is 10.1. The minimum absolute atomic E-state index is 0.246. The molecule has 2 N–H and O–H groups in total. The number of hydrogen-bond donors (Lipinski definition) is 2. The second-order valence-corrected chi connectivity index (χ2v) is 6.99. The second kappa shape index (κ2) is 7.33. The highest BCUT2D eigenvalue weighted by molar-refractivity contribution is 9.10. The van der Waals surface area contributed by atoms with Crippen molar-refractivity contribution < 1.29 is 9.90 Å². The number of aromatic nitrogens is 1. The van der Waals surface area contributed by atoms with E-state index >= 15 is 0 Å². The van der Waals surface area contributed by atoms with E-state index in [9.17, 15) is 14.7 Å². The first-order valence-electron chi connectivity index (χ1n) is 8.36. The van der Waals surface area contributed by atoms with Crippen LogP contribution in [0.25, 0.3) is 10.9 Å². The third-order valence-corrected chi connectivity index (χ3v) is 4.85. The fourth-order valence-electron chi connectivity index (χ4n) is 2.95. The predicted molar refractivity (Wildman–Crippen MR) is 107 cm³/mol. The van der Waals surface area contributed by atoms with E-state index in [1.54, 1.807) is 30.3 Å². The number of anilines is 1. The zero-order chi connectivity index (χ0) is 18.8. The minimum Gasteiger partial charge on any atom is -0.506 e. The number of nitrogens with zero attached hydrogens (tertiary/aromatic N) is 1. The summed E-state index contributed by atoms with van der Waals surface area (Å²) in [6, 6.07) is 12.5. The first kappa shape index (κ1) is 18.2. The zero-order valence-corrected chi connectivity index (χ0v) is 16.1. The van der Waals surface area contributed by atoms with Crippen LogP contribution in [0.15, 0.2) is 51.7 Å². The number of fused-ring (bicyclic) bond motifs is 1. The highest BCUT2D eigenvalue weighted by Crippen LogP contribution is 2.28. The molecule has 0 bridgehead atoms. The van der Waals surface area contributed by atoms with E-state index in [0.717, 1.165) is 12.0 Å². The summed E-state index contributed by atoms with van der Waals surface area (Å²) in [5.41, 5.74) is 1.45. The largest absolute Gasteiger partial charge is 0.506 e. The number of aryl methyl sites for hydroxylation is 2. The summed E-state index contributed by atoms with van der Waals surface area (Å²) in [4.78, 5) is 25.7. The van der Waals surface area contributed by atoms with Crippen LogP contribution in [0, 0.1) is 6.92 Å². The number of aromatic hydroxyl groups is 1. The molecule has 1 heterocycles. The highest BCUT2D eigenvalue weighted by atomic mass is 79.9. The molecule has 0 spiro atoms. The van der Waals surface area contributed by atoms with Crippen molar-refractivity contribution >= 4 is 38.4 Å². The molecule has 0 aliphatic carbocycles. The quantitative estimate of drug-likeness (QED) is 0.662.